The maximum absolute atomic E-state index is 12.9. The van der Waals surface area contributed by atoms with Crippen LogP contribution in [0.4, 0.5) is 5.69 Å². The molecule has 7 heteroatoms. The highest BCUT2D eigenvalue weighted by atomic mass is 35.5. The number of para-hydroxylation sites is 3. The minimum atomic E-state index is -0.780. The molecule has 1 fully saturated rings. The number of aryl methyl sites for hydroxylation is 1. The molecule has 2 heterocycles. The number of nitrogens with zero attached hydrogens (tertiary/aromatic N) is 3. The number of carbonyl (C=O) groups excluding carboxylic acids is 1. The first kappa shape index (κ1) is 22.4. The zero-order chi connectivity index (χ0) is 23.7. The van der Waals surface area contributed by atoms with Gasteiger partial charge in [0.25, 0.3) is 0 Å². The summed E-state index contributed by atoms with van der Waals surface area (Å²) < 4.78 is 7.77. The molecule has 0 spiro atoms. The first-order valence-corrected chi connectivity index (χ1v) is 11.7. The van der Waals surface area contributed by atoms with Crippen LogP contribution in [-0.4, -0.2) is 39.8 Å². The van der Waals surface area contributed by atoms with Crippen LogP contribution < -0.4 is 9.64 Å². The van der Waals surface area contributed by atoms with E-state index >= 15 is 0 Å². The highest BCUT2D eigenvalue weighted by Gasteiger charge is 2.35. The number of aliphatic hydroxyl groups is 1. The maximum atomic E-state index is 12.9. The number of benzene rings is 3. The van der Waals surface area contributed by atoms with Crippen molar-refractivity contribution in [2.75, 3.05) is 18.1 Å². The summed E-state index contributed by atoms with van der Waals surface area (Å²) in [6, 6.07) is 23.0. The monoisotopic (exact) mass is 475 g/mol. The van der Waals surface area contributed by atoms with Gasteiger partial charge in [0, 0.05) is 24.6 Å². The third-order valence-electron chi connectivity index (χ3n) is 6.15. The molecule has 34 heavy (non-hydrogen) atoms. The van der Waals surface area contributed by atoms with Crippen LogP contribution in [0.2, 0.25) is 5.02 Å². The minimum Gasteiger partial charge on any atom is -0.489 e. The fourth-order valence-corrected chi connectivity index (χ4v) is 4.73. The van der Waals surface area contributed by atoms with Gasteiger partial charge in [0.1, 0.15) is 24.3 Å². The van der Waals surface area contributed by atoms with Gasteiger partial charge in [-0.15, -0.1) is 0 Å². The zero-order valence-corrected chi connectivity index (χ0v) is 19.7. The largest absolute Gasteiger partial charge is 0.489 e. The molecular weight excluding hydrogens is 450 g/mol. The average Bonchev–Trinajstić information content (AvgIpc) is 3.39. The van der Waals surface area contributed by atoms with E-state index in [2.05, 4.69) is 0 Å². The van der Waals surface area contributed by atoms with Crippen LogP contribution in [0.1, 0.15) is 23.7 Å². The van der Waals surface area contributed by atoms with Gasteiger partial charge in [-0.25, -0.2) is 4.98 Å². The van der Waals surface area contributed by atoms with Gasteiger partial charge in [0.2, 0.25) is 5.91 Å². The SMILES string of the molecule is Cc1cccc(N2C[C@@H](c3nc4ccccc4n3C[C@H](O)COc3ccccc3Cl)CC2=O)c1. The molecule has 3 aromatic carbocycles. The van der Waals surface area contributed by atoms with Gasteiger partial charge < -0.3 is 19.3 Å². The second kappa shape index (κ2) is 9.49. The van der Waals surface area contributed by atoms with Crippen molar-refractivity contribution in [3.8, 4) is 5.75 Å². The van der Waals surface area contributed by atoms with Gasteiger partial charge >= 0.3 is 0 Å². The predicted molar refractivity (Wildman–Crippen MR) is 134 cm³/mol. The Kier molecular flexibility index (Phi) is 6.26. The number of anilines is 1. The molecule has 1 amide bonds. The molecule has 6 nitrogen and oxygen atoms in total. The van der Waals surface area contributed by atoms with E-state index in [9.17, 15) is 9.90 Å². The van der Waals surface area contributed by atoms with Gasteiger partial charge in [-0.3, -0.25) is 4.79 Å². The Balaban J connectivity index is 1.39. The predicted octanol–water partition coefficient (Wildman–Crippen LogP) is 4.96. The standard InChI is InChI=1S/C27H26ClN3O3/c1-18-7-6-8-20(13-18)30-15-19(14-26(30)33)27-29-23-10-3-4-11-24(23)31(27)16-21(32)17-34-25-12-5-2-9-22(25)28/h2-13,19,21,32H,14-17H2,1H3/t19-,21-/m0/s1. The van der Waals surface area contributed by atoms with Crippen LogP contribution in [0.3, 0.4) is 0 Å². The second-order valence-corrected chi connectivity index (χ2v) is 9.12. The van der Waals surface area contributed by atoms with Crippen LogP contribution in [0.25, 0.3) is 11.0 Å². The molecule has 174 valence electrons. The molecule has 0 saturated carbocycles. The lowest BCUT2D eigenvalue weighted by molar-refractivity contribution is -0.117. The summed E-state index contributed by atoms with van der Waals surface area (Å²) in [5, 5.41) is 11.3. The third kappa shape index (κ3) is 4.52. The molecule has 0 unspecified atom stereocenters. The van der Waals surface area contributed by atoms with Crippen molar-refractivity contribution < 1.29 is 14.6 Å². The topological polar surface area (TPSA) is 67.6 Å². The first-order chi connectivity index (χ1) is 16.5. The Labute approximate surface area is 203 Å². The third-order valence-corrected chi connectivity index (χ3v) is 6.46. The van der Waals surface area contributed by atoms with Crippen LogP contribution in [0, 0.1) is 6.92 Å². The van der Waals surface area contributed by atoms with Crippen LogP contribution >= 0.6 is 11.6 Å². The lowest BCUT2D eigenvalue weighted by Crippen LogP contribution is -2.26. The van der Waals surface area contributed by atoms with Gasteiger partial charge in [0.15, 0.2) is 0 Å². The van der Waals surface area contributed by atoms with E-state index < -0.39 is 6.10 Å². The number of fused-ring (bicyclic) bond motifs is 1. The number of hydrogen-bond acceptors (Lipinski definition) is 4. The van der Waals surface area contributed by atoms with Crippen molar-refractivity contribution >= 4 is 34.2 Å². The van der Waals surface area contributed by atoms with Gasteiger partial charge in [0.05, 0.1) is 22.6 Å². The second-order valence-electron chi connectivity index (χ2n) is 8.71. The molecule has 0 bridgehead atoms. The van der Waals surface area contributed by atoms with E-state index in [0.717, 1.165) is 28.1 Å². The van der Waals surface area contributed by atoms with Crippen molar-refractivity contribution in [1.29, 1.82) is 0 Å². The Morgan fingerprint density at radius 3 is 2.74 bits per heavy atom. The van der Waals surface area contributed by atoms with Gasteiger partial charge in [-0.2, -0.15) is 0 Å². The number of amides is 1. The molecule has 1 N–H and O–H groups in total. The number of carbonyl (C=O) groups is 1. The molecule has 2 atom stereocenters. The highest BCUT2D eigenvalue weighted by Crippen LogP contribution is 2.33. The molecule has 5 rings (SSSR count). The Morgan fingerprint density at radius 2 is 1.91 bits per heavy atom. The Hall–Kier alpha value is -3.35. The highest BCUT2D eigenvalue weighted by molar-refractivity contribution is 6.32. The normalized spacial score (nSPS) is 16.9. The summed E-state index contributed by atoms with van der Waals surface area (Å²) in [5.74, 6) is 1.35. The number of rotatable bonds is 7. The van der Waals surface area contributed by atoms with E-state index in [4.69, 9.17) is 21.3 Å². The number of aliphatic hydroxyl groups excluding tert-OH is 1. The summed E-state index contributed by atoms with van der Waals surface area (Å²) in [7, 11) is 0. The molecule has 1 aliphatic heterocycles. The first-order valence-electron chi connectivity index (χ1n) is 11.4. The lowest BCUT2D eigenvalue weighted by atomic mass is 10.1. The summed E-state index contributed by atoms with van der Waals surface area (Å²) in [4.78, 5) is 19.6. The van der Waals surface area contributed by atoms with Crippen LogP contribution in [0.5, 0.6) is 5.75 Å². The molecule has 0 radical (unpaired) electrons. The van der Waals surface area contributed by atoms with E-state index in [1.54, 1.807) is 12.1 Å². The fraction of sp³-hybridized carbons (Fsp3) is 0.259. The Bertz CT molecular complexity index is 1340. The Morgan fingerprint density at radius 1 is 1.12 bits per heavy atom. The fourth-order valence-electron chi connectivity index (χ4n) is 4.53. The van der Waals surface area contributed by atoms with Gasteiger partial charge in [-0.1, -0.05) is 48.0 Å². The maximum Gasteiger partial charge on any atom is 0.227 e. The van der Waals surface area contributed by atoms with E-state index in [1.165, 1.54) is 0 Å². The van der Waals surface area contributed by atoms with Gasteiger partial charge in [-0.05, 0) is 48.9 Å². The number of imidazole rings is 1. The zero-order valence-electron chi connectivity index (χ0n) is 18.9. The van der Waals surface area contributed by atoms with E-state index in [-0.39, 0.29) is 18.4 Å². The van der Waals surface area contributed by atoms with Crippen molar-refractivity contribution in [2.45, 2.75) is 31.9 Å². The lowest BCUT2D eigenvalue weighted by Gasteiger charge is -2.19. The molecule has 1 saturated heterocycles. The molecular formula is C27H26ClN3O3. The molecule has 1 aliphatic rings. The molecule has 4 aromatic rings. The summed E-state index contributed by atoms with van der Waals surface area (Å²) in [6.45, 7) is 2.97. The summed E-state index contributed by atoms with van der Waals surface area (Å²) in [6.07, 6.45) is -0.402. The van der Waals surface area contributed by atoms with Crippen LogP contribution in [0.15, 0.2) is 72.8 Å². The number of halogens is 1. The van der Waals surface area contributed by atoms with E-state index in [0.29, 0.717) is 30.3 Å². The molecule has 0 aliphatic carbocycles. The summed E-state index contributed by atoms with van der Waals surface area (Å²) in [5.41, 5.74) is 3.79. The summed E-state index contributed by atoms with van der Waals surface area (Å²) >= 11 is 6.17. The smallest absolute Gasteiger partial charge is 0.227 e. The number of aromatic nitrogens is 2. The average molecular weight is 476 g/mol. The number of hydrogen-bond donors (Lipinski definition) is 1. The molecule has 1 aromatic heterocycles. The minimum absolute atomic E-state index is 0.0721. The quantitative estimate of drug-likeness (QED) is 0.410. The van der Waals surface area contributed by atoms with E-state index in [1.807, 2.05) is 77.1 Å². The van der Waals surface area contributed by atoms with Crippen molar-refractivity contribution in [3.05, 3.63) is 89.2 Å². The van der Waals surface area contributed by atoms with Crippen molar-refractivity contribution in [2.24, 2.45) is 0 Å². The van der Waals surface area contributed by atoms with Crippen LogP contribution in [-0.2, 0) is 11.3 Å². The number of ether oxygens (including phenoxy) is 1. The van der Waals surface area contributed by atoms with Crippen molar-refractivity contribution in [3.63, 3.8) is 0 Å². The van der Waals surface area contributed by atoms with Crippen molar-refractivity contribution in [1.82, 2.24) is 9.55 Å².